The molecule has 1 N–H and O–H groups in total. The zero-order chi connectivity index (χ0) is 19.7. The quantitative estimate of drug-likeness (QED) is 0.771. The summed E-state index contributed by atoms with van der Waals surface area (Å²) in [6.07, 6.45) is 4.24. The molecule has 0 unspecified atom stereocenters. The molecule has 28 heavy (non-hydrogen) atoms. The van der Waals surface area contributed by atoms with Crippen molar-refractivity contribution < 1.29 is 13.2 Å². The number of alkyl halides is 2. The number of aromatic amines is 1. The van der Waals surface area contributed by atoms with E-state index in [0.29, 0.717) is 61.9 Å². The van der Waals surface area contributed by atoms with Crippen LogP contribution in [0.1, 0.15) is 37.9 Å². The van der Waals surface area contributed by atoms with Gasteiger partial charge in [-0.15, -0.1) is 0 Å². The highest BCUT2D eigenvalue weighted by molar-refractivity contribution is 6.34. The number of nitrogens with zero attached hydrogens (tertiary/aromatic N) is 3. The van der Waals surface area contributed by atoms with E-state index in [9.17, 15) is 13.2 Å². The summed E-state index contributed by atoms with van der Waals surface area (Å²) in [4.78, 5) is 11.4. The Morgan fingerprint density at radius 3 is 2.43 bits per heavy atom. The second kappa shape index (κ2) is 8.20. The SMILES string of the molecule is Fc1ccc(Cl)c2[nH]c(CN3CCN(CC(F)(F)C4CCCCC4)CC3)nc12. The number of H-pyrrole nitrogens is 1. The van der Waals surface area contributed by atoms with Gasteiger partial charge in [-0.05, 0) is 25.0 Å². The first-order valence-corrected chi connectivity index (χ1v) is 10.5. The molecule has 0 spiro atoms. The van der Waals surface area contributed by atoms with E-state index in [1.807, 2.05) is 4.90 Å². The molecule has 0 bridgehead atoms. The van der Waals surface area contributed by atoms with Gasteiger partial charge in [-0.1, -0.05) is 30.9 Å². The number of rotatable bonds is 5. The van der Waals surface area contributed by atoms with Gasteiger partial charge >= 0.3 is 0 Å². The minimum Gasteiger partial charge on any atom is -0.340 e. The monoisotopic (exact) mass is 414 g/mol. The molecule has 0 amide bonds. The Labute approximate surface area is 168 Å². The van der Waals surface area contributed by atoms with Crippen molar-refractivity contribution in [2.75, 3.05) is 32.7 Å². The van der Waals surface area contributed by atoms with Crippen LogP contribution in [-0.2, 0) is 6.54 Å². The summed E-state index contributed by atoms with van der Waals surface area (Å²) in [5.74, 6) is -2.83. The summed E-state index contributed by atoms with van der Waals surface area (Å²) in [5, 5.41) is 0.435. The van der Waals surface area contributed by atoms with Gasteiger partial charge in [0.05, 0.1) is 23.6 Å². The Morgan fingerprint density at radius 2 is 1.75 bits per heavy atom. The number of benzene rings is 1. The van der Waals surface area contributed by atoms with E-state index < -0.39 is 17.7 Å². The van der Waals surface area contributed by atoms with Crippen LogP contribution in [0.2, 0.25) is 5.02 Å². The first-order chi connectivity index (χ1) is 13.4. The molecule has 1 aromatic heterocycles. The number of hydrogen-bond acceptors (Lipinski definition) is 3. The van der Waals surface area contributed by atoms with Gasteiger partial charge in [-0.2, -0.15) is 0 Å². The minimum absolute atomic E-state index is 0.142. The first kappa shape index (κ1) is 20.0. The van der Waals surface area contributed by atoms with Crippen molar-refractivity contribution in [1.29, 1.82) is 0 Å². The average Bonchev–Trinajstić information content (AvgIpc) is 3.12. The maximum Gasteiger partial charge on any atom is 0.263 e. The summed E-state index contributed by atoms with van der Waals surface area (Å²) in [7, 11) is 0. The van der Waals surface area contributed by atoms with Gasteiger partial charge in [0, 0.05) is 32.1 Å². The van der Waals surface area contributed by atoms with Crippen LogP contribution in [-0.4, -0.2) is 58.4 Å². The molecule has 1 aliphatic carbocycles. The van der Waals surface area contributed by atoms with Crippen LogP contribution >= 0.6 is 11.6 Å². The van der Waals surface area contributed by atoms with Gasteiger partial charge in [0.1, 0.15) is 11.3 Å². The van der Waals surface area contributed by atoms with Crippen molar-refractivity contribution in [2.24, 2.45) is 5.92 Å². The van der Waals surface area contributed by atoms with Gasteiger partial charge in [-0.3, -0.25) is 9.80 Å². The summed E-state index contributed by atoms with van der Waals surface area (Å²) in [5.41, 5.74) is 0.746. The lowest BCUT2D eigenvalue weighted by atomic mass is 9.84. The van der Waals surface area contributed by atoms with Crippen LogP contribution in [0.25, 0.3) is 11.0 Å². The molecule has 4 rings (SSSR count). The van der Waals surface area contributed by atoms with Crippen LogP contribution < -0.4 is 0 Å². The molecule has 1 aliphatic heterocycles. The minimum atomic E-state index is -2.60. The van der Waals surface area contributed by atoms with Crippen molar-refractivity contribution in [3.63, 3.8) is 0 Å². The molecule has 1 aromatic carbocycles. The summed E-state index contributed by atoms with van der Waals surface area (Å²) in [6.45, 7) is 2.98. The highest BCUT2D eigenvalue weighted by Crippen LogP contribution is 2.37. The zero-order valence-corrected chi connectivity index (χ0v) is 16.6. The number of imidazole rings is 1. The third-order valence-corrected chi connectivity index (χ3v) is 6.38. The van der Waals surface area contributed by atoms with E-state index in [2.05, 4.69) is 14.9 Å². The summed E-state index contributed by atoms with van der Waals surface area (Å²) >= 11 is 6.10. The molecule has 0 atom stereocenters. The number of halogens is 4. The standard InChI is InChI=1S/C20H26ClF3N4/c21-15-6-7-16(22)19-18(15)25-17(26-19)12-27-8-10-28(11-9-27)13-20(23,24)14-4-2-1-3-5-14/h6-7,14H,1-5,8-13H2,(H,25,26). The van der Waals surface area contributed by atoms with Crippen LogP contribution in [0.15, 0.2) is 12.1 Å². The topological polar surface area (TPSA) is 35.2 Å². The maximum absolute atomic E-state index is 14.6. The van der Waals surface area contributed by atoms with E-state index >= 15 is 0 Å². The van der Waals surface area contributed by atoms with Crippen molar-refractivity contribution in [3.8, 4) is 0 Å². The molecule has 1 saturated heterocycles. The van der Waals surface area contributed by atoms with Crippen LogP contribution in [0, 0.1) is 11.7 Å². The van der Waals surface area contributed by atoms with E-state index in [-0.39, 0.29) is 12.1 Å². The van der Waals surface area contributed by atoms with E-state index in [1.54, 1.807) is 0 Å². The van der Waals surface area contributed by atoms with E-state index in [4.69, 9.17) is 11.6 Å². The van der Waals surface area contributed by atoms with E-state index in [0.717, 1.165) is 19.3 Å². The predicted octanol–water partition coefficient (Wildman–Crippen LogP) is 4.69. The van der Waals surface area contributed by atoms with Gasteiger partial charge in [0.25, 0.3) is 5.92 Å². The average molecular weight is 415 g/mol. The molecule has 2 aromatic rings. The van der Waals surface area contributed by atoms with E-state index in [1.165, 1.54) is 12.1 Å². The number of fused-ring (bicyclic) bond motifs is 1. The molecular formula is C20H26ClF3N4. The lowest BCUT2D eigenvalue weighted by Crippen LogP contribution is -2.51. The van der Waals surface area contributed by atoms with Crippen molar-refractivity contribution in [2.45, 2.75) is 44.6 Å². The summed E-state index contributed by atoms with van der Waals surface area (Å²) < 4.78 is 43.1. The van der Waals surface area contributed by atoms with Crippen molar-refractivity contribution >= 4 is 22.6 Å². The maximum atomic E-state index is 14.6. The smallest absolute Gasteiger partial charge is 0.263 e. The van der Waals surface area contributed by atoms with Gasteiger partial charge in [-0.25, -0.2) is 18.2 Å². The molecule has 0 radical (unpaired) electrons. The van der Waals surface area contributed by atoms with Crippen molar-refractivity contribution in [3.05, 3.63) is 28.8 Å². The normalized spacial score (nSPS) is 20.9. The molecule has 2 heterocycles. The second-order valence-electron chi connectivity index (χ2n) is 8.08. The lowest BCUT2D eigenvalue weighted by molar-refractivity contribution is -0.0978. The third-order valence-electron chi connectivity index (χ3n) is 6.07. The number of piperazine rings is 1. The van der Waals surface area contributed by atoms with Gasteiger partial charge in [0.2, 0.25) is 0 Å². The number of hydrogen-bond donors (Lipinski definition) is 1. The second-order valence-corrected chi connectivity index (χ2v) is 8.49. The van der Waals surface area contributed by atoms with Crippen LogP contribution in [0.4, 0.5) is 13.2 Å². The number of aromatic nitrogens is 2. The molecule has 2 fully saturated rings. The van der Waals surface area contributed by atoms with Gasteiger partial charge in [0.15, 0.2) is 5.82 Å². The Bertz CT molecular complexity index is 772. The molecule has 2 aliphatic rings. The predicted molar refractivity (Wildman–Crippen MR) is 104 cm³/mol. The third kappa shape index (κ3) is 4.31. The number of nitrogens with one attached hydrogen (secondary N) is 1. The zero-order valence-electron chi connectivity index (χ0n) is 15.9. The lowest BCUT2D eigenvalue weighted by Gasteiger charge is -2.38. The fraction of sp³-hybridized carbons (Fsp3) is 0.650. The first-order valence-electron chi connectivity index (χ1n) is 10.1. The Balaban J connectivity index is 1.32. The van der Waals surface area contributed by atoms with Gasteiger partial charge < -0.3 is 4.98 Å². The fourth-order valence-corrected chi connectivity index (χ4v) is 4.62. The Hall–Kier alpha value is -1.31. The molecule has 8 heteroatoms. The largest absolute Gasteiger partial charge is 0.340 e. The van der Waals surface area contributed by atoms with Crippen LogP contribution in [0.3, 0.4) is 0 Å². The van der Waals surface area contributed by atoms with Crippen LogP contribution in [0.5, 0.6) is 0 Å². The Kier molecular flexibility index (Phi) is 5.86. The highest BCUT2D eigenvalue weighted by atomic mass is 35.5. The van der Waals surface area contributed by atoms with Crippen molar-refractivity contribution in [1.82, 2.24) is 19.8 Å². The summed E-state index contributed by atoms with van der Waals surface area (Å²) in [6, 6.07) is 2.81. The molecule has 1 saturated carbocycles. The molecular weight excluding hydrogens is 389 g/mol. The molecule has 154 valence electrons. The molecule has 4 nitrogen and oxygen atoms in total. The highest BCUT2D eigenvalue weighted by Gasteiger charge is 2.41. The fourth-order valence-electron chi connectivity index (χ4n) is 4.42. The Morgan fingerprint density at radius 1 is 1.07 bits per heavy atom.